The van der Waals surface area contributed by atoms with Gasteiger partial charge in [-0.15, -0.1) is 0 Å². The summed E-state index contributed by atoms with van der Waals surface area (Å²) in [5.41, 5.74) is 2.84. The minimum atomic E-state index is -3.76. The lowest BCUT2D eigenvalue weighted by molar-refractivity contribution is -0.117. The van der Waals surface area contributed by atoms with Crippen molar-refractivity contribution >= 4 is 38.9 Å². The highest BCUT2D eigenvalue weighted by Crippen LogP contribution is 2.30. The summed E-state index contributed by atoms with van der Waals surface area (Å²) in [4.78, 5) is 27.2. The normalized spacial score (nSPS) is 16.7. The van der Waals surface area contributed by atoms with Gasteiger partial charge in [0.05, 0.1) is 4.90 Å². The summed E-state index contributed by atoms with van der Waals surface area (Å²) in [7, 11) is -3.76. The quantitative estimate of drug-likeness (QED) is 0.835. The molecule has 0 spiro atoms. The molecule has 7 nitrogen and oxygen atoms in total. The lowest BCUT2D eigenvalue weighted by Gasteiger charge is -2.28. The molecule has 2 aromatic carbocycles. The minimum Gasteiger partial charge on any atom is -0.312 e. The van der Waals surface area contributed by atoms with Crippen LogP contribution in [0.4, 0.5) is 17.1 Å². The van der Waals surface area contributed by atoms with Crippen molar-refractivity contribution in [2.45, 2.75) is 37.5 Å². The van der Waals surface area contributed by atoms with Crippen molar-refractivity contribution in [2.24, 2.45) is 0 Å². The average Bonchev–Trinajstić information content (AvgIpc) is 3.13. The molecular weight excluding hydrogens is 390 g/mol. The number of carbonyl (C=O) groups excluding carboxylic acids is 2. The van der Waals surface area contributed by atoms with Crippen LogP contribution in [0.1, 0.15) is 31.7 Å². The Morgan fingerprint density at radius 2 is 1.72 bits per heavy atom. The zero-order valence-electron chi connectivity index (χ0n) is 16.2. The van der Waals surface area contributed by atoms with Gasteiger partial charge in [-0.3, -0.25) is 14.3 Å². The second-order valence-electron chi connectivity index (χ2n) is 7.37. The minimum absolute atomic E-state index is 0.0451. The van der Waals surface area contributed by atoms with E-state index in [1.807, 2.05) is 0 Å². The molecule has 1 fully saturated rings. The Morgan fingerprint density at radius 1 is 1.00 bits per heavy atom. The first-order valence-corrected chi connectivity index (χ1v) is 11.2. The Bertz CT molecular complexity index is 1060. The Labute approximate surface area is 170 Å². The molecule has 0 aromatic heterocycles. The second-order valence-corrected chi connectivity index (χ2v) is 9.05. The summed E-state index contributed by atoms with van der Waals surface area (Å²) in [5.74, 6) is 0.0447. The monoisotopic (exact) mass is 413 g/mol. The Balaban J connectivity index is 1.55. The van der Waals surface area contributed by atoms with Crippen LogP contribution in [-0.2, 0) is 26.0 Å². The number of nitrogens with one attached hydrogen (secondary N) is 1. The predicted molar refractivity (Wildman–Crippen MR) is 112 cm³/mol. The smallest absolute Gasteiger partial charge is 0.261 e. The zero-order chi connectivity index (χ0) is 20.6. The van der Waals surface area contributed by atoms with Gasteiger partial charge in [0.15, 0.2) is 0 Å². The van der Waals surface area contributed by atoms with E-state index in [4.69, 9.17) is 0 Å². The third-order valence-corrected chi connectivity index (χ3v) is 6.74. The molecule has 29 heavy (non-hydrogen) atoms. The Kier molecular flexibility index (Phi) is 5.04. The Hall–Kier alpha value is -2.87. The molecular formula is C21H23N3O4S. The molecule has 0 aliphatic carbocycles. The first-order chi connectivity index (χ1) is 13.8. The molecule has 4 rings (SSSR count). The number of fused-ring (bicyclic) bond motifs is 1. The summed E-state index contributed by atoms with van der Waals surface area (Å²) in [6.45, 7) is 2.86. The summed E-state index contributed by atoms with van der Waals surface area (Å²) < 4.78 is 28.3. The molecule has 2 aliphatic heterocycles. The highest BCUT2D eigenvalue weighted by atomic mass is 32.2. The van der Waals surface area contributed by atoms with E-state index in [2.05, 4.69) is 4.72 Å². The molecule has 2 amide bonds. The lowest BCUT2D eigenvalue weighted by atomic mass is 10.0. The van der Waals surface area contributed by atoms with E-state index in [1.165, 1.54) is 13.0 Å². The summed E-state index contributed by atoms with van der Waals surface area (Å²) in [6, 6.07) is 11.7. The van der Waals surface area contributed by atoms with E-state index in [-0.39, 0.29) is 16.7 Å². The van der Waals surface area contributed by atoms with Crippen LogP contribution in [0.25, 0.3) is 0 Å². The lowest BCUT2D eigenvalue weighted by Crippen LogP contribution is -2.33. The topological polar surface area (TPSA) is 86.8 Å². The van der Waals surface area contributed by atoms with Gasteiger partial charge >= 0.3 is 0 Å². The second kappa shape index (κ2) is 7.51. The van der Waals surface area contributed by atoms with Gasteiger partial charge in [-0.25, -0.2) is 8.42 Å². The van der Waals surface area contributed by atoms with Gasteiger partial charge in [0, 0.05) is 43.5 Å². The van der Waals surface area contributed by atoms with E-state index in [1.54, 1.807) is 46.2 Å². The highest BCUT2D eigenvalue weighted by Gasteiger charge is 2.24. The maximum Gasteiger partial charge on any atom is 0.261 e. The van der Waals surface area contributed by atoms with Crippen LogP contribution in [0.15, 0.2) is 47.4 Å². The van der Waals surface area contributed by atoms with Crippen molar-refractivity contribution in [3.63, 3.8) is 0 Å². The van der Waals surface area contributed by atoms with Gasteiger partial charge < -0.3 is 9.80 Å². The van der Waals surface area contributed by atoms with E-state index in [0.29, 0.717) is 25.2 Å². The van der Waals surface area contributed by atoms with Crippen LogP contribution in [0.5, 0.6) is 0 Å². The van der Waals surface area contributed by atoms with Crippen LogP contribution in [0.3, 0.4) is 0 Å². The number of nitrogens with zero attached hydrogens (tertiary/aromatic N) is 2. The van der Waals surface area contributed by atoms with Crippen LogP contribution < -0.4 is 14.5 Å². The molecule has 2 heterocycles. The van der Waals surface area contributed by atoms with Gasteiger partial charge in [-0.05, 0) is 67.3 Å². The van der Waals surface area contributed by atoms with Crippen molar-refractivity contribution in [2.75, 3.05) is 27.6 Å². The number of carbonyl (C=O) groups is 2. The molecule has 0 unspecified atom stereocenters. The molecule has 8 heteroatoms. The highest BCUT2D eigenvalue weighted by molar-refractivity contribution is 7.92. The zero-order valence-corrected chi connectivity index (χ0v) is 17.0. The molecule has 152 valence electrons. The van der Waals surface area contributed by atoms with E-state index in [9.17, 15) is 18.0 Å². The summed E-state index contributed by atoms with van der Waals surface area (Å²) in [6.07, 6.45) is 2.93. The van der Waals surface area contributed by atoms with Gasteiger partial charge in [0.2, 0.25) is 11.8 Å². The van der Waals surface area contributed by atoms with Crippen molar-refractivity contribution < 1.29 is 18.0 Å². The average molecular weight is 413 g/mol. The maximum atomic E-state index is 12.8. The first kappa shape index (κ1) is 19.4. The van der Waals surface area contributed by atoms with Gasteiger partial charge in [-0.2, -0.15) is 0 Å². The molecule has 0 radical (unpaired) electrons. The predicted octanol–water partition coefficient (Wildman–Crippen LogP) is 2.91. The number of aryl methyl sites for hydroxylation is 1. The summed E-state index contributed by atoms with van der Waals surface area (Å²) >= 11 is 0. The fourth-order valence-corrected chi connectivity index (χ4v) is 5.02. The number of hydrogen-bond donors (Lipinski definition) is 1. The largest absolute Gasteiger partial charge is 0.312 e. The number of amides is 2. The van der Waals surface area contributed by atoms with Crippen LogP contribution in [-0.4, -0.2) is 33.3 Å². The third kappa shape index (κ3) is 3.85. The molecule has 1 saturated heterocycles. The standard InChI is InChI=1S/C21H23N3O4S/c1-15(25)23-12-2-4-16-14-19(10-11-20(16)23)29(27,28)22-17-6-8-18(9-7-17)24-13-3-5-21(24)26/h6-11,14,22H,2-5,12-13H2,1H3. The molecule has 0 bridgehead atoms. The van der Waals surface area contributed by atoms with Crippen molar-refractivity contribution in [1.82, 2.24) is 0 Å². The summed E-state index contributed by atoms with van der Waals surface area (Å²) in [5, 5.41) is 0. The molecule has 2 aliphatic rings. The molecule has 0 saturated carbocycles. The van der Waals surface area contributed by atoms with Crippen molar-refractivity contribution in [3.8, 4) is 0 Å². The maximum absolute atomic E-state index is 12.8. The first-order valence-electron chi connectivity index (χ1n) is 9.69. The SMILES string of the molecule is CC(=O)N1CCCc2cc(S(=O)(=O)Nc3ccc(N4CCCC4=O)cc3)ccc21. The van der Waals surface area contributed by atoms with Crippen molar-refractivity contribution in [1.29, 1.82) is 0 Å². The fourth-order valence-electron chi connectivity index (χ4n) is 3.91. The van der Waals surface area contributed by atoms with Crippen LogP contribution >= 0.6 is 0 Å². The van der Waals surface area contributed by atoms with Gasteiger partial charge in [0.1, 0.15) is 0 Å². The van der Waals surface area contributed by atoms with Crippen molar-refractivity contribution in [3.05, 3.63) is 48.0 Å². The fraction of sp³-hybridized carbons (Fsp3) is 0.333. The molecule has 1 N–H and O–H groups in total. The number of benzene rings is 2. The number of hydrogen-bond acceptors (Lipinski definition) is 4. The van der Waals surface area contributed by atoms with Gasteiger partial charge in [0.25, 0.3) is 10.0 Å². The number of rotatable bonds is 4. The van der Waals surface area contributed by atoms with E-state index in [0.717, 1.165) is 36.2 Å². The Morgan fingerprint density at radius 3 is 2.38 bits per heavy atom. The number of sulfonamides is 1. The van der Waals surface area contributed by atoms with Gasteiger partial charge in [-0.1, -0.05) is 0 Å². The molecule has 2 aromatic rings. The van der Waals surface area contributed by atoms with E-state index < -0.39 is 10.0 Å². The molecule has 0 atom stereocenters. The van der Waals surface area contributed by atoms with Crippen LogP contribution in [0.2, 0.25) is 0 Å². The number of anilines is 3. The van der Waals surface area contributed by atoms with E-state index >= 15 is 0 Å². The third-order valence-electron chi connectivity index (χ3n) is 5.36. The van der Waals surface area contributed by atoms with Crippen LogP contribution in [0, 0.1) is 0 Å².